The minimum atomic E-state index is -3.20. The molecule has 0 aliphatic carbocycles. The van der Waals surface area contributed by atoms with Crippen LogP contribution in [0.3, 0.4) is 0 Å². The third-order valence-electron chi connectivity index (χ3n) is 11.3. The fourth-order valence-electron chi connectivity index (χ4n) is 8.29. The van der Waals surface area contributed by atoms with Gasteiger partial charge in [-0.2, -0.15) is 9.57 Å². The molecule has 0 radical (unpaired) electrons. The van der Waals surface area contributed by atoms with Gasteiger partial charge in [0.25, 0.3) is 5.91 Å². The summed E-state index contributed by atoms with van der Waals surface area (Å²) in [6, 6.07) is 12.8. The van der Waals surface area contributed by atoms with Crippen molar-refractivity contribution in [3.8, 4) is 17.6 Å². The van der Waals surface area contributed by atoms with Crippen LogP contribution in [0, 0.1) is 30.0 Å². The van der Waals surface area contributed by atoms with Crippen LogP contribution in [-0.2, 0) is 23.1 Å². The molecule has 1 amide bonds. The van der Waals surface area contributed by atoms with Crippen LogP contribution >= 0.6 is 0 Å². The number of hydrogen-bond acceptors (Lipinski definition) is 9. The number of ether oxygens (including phenoxy) is 1. The van der Waals surface area contributed by atoms with Crippen LogP contribution in [-0.4, -0.2) is 93.5 Å². The molecule has 55 heavy (non-hydrogen) atoms. The molecular formula is C41H53FN8O4S. The van der Waals surface area contributed by atoms with Crippen LogP contribution in [0.5, 0.6) is 11.5 Å². The molecule has 2 aromatic heterocycles. The molecule has 2 aliphatic heterocycles. The summed E-state index contributed by atoms with van der Waals surface area (Å²) in [7, 11) is -3.20. The van der Waals surface area contributed by atoms with E-state index in [9.17, 15) is 22.9 Å². The van der Waals surface area contributed by atoms with Gasteiger partial charge in [0.15, 0.2) is 11.6 Å². The number of amides is 1. The summed E-state index contributed by atoms with van der Waals surface area (Å²) >= 11 is 0. The second kappa shape index (κ2) is 17.1. The summed E-state index contributed by atoms with van der Waals surface area (Å²) < 4.78 is 48.5. The fraction of sp³-hybridized carbons (Fsp3) is 0.512. The molecule has 4 aromatic rings. The largest absolute Gasteiger partial charge is 0.451 e. The number of benzene rings is 2. The van der Waals surface area contributed by atoms with Gasteiger partial charge in [-0.05, 0) is 114 Å². The molecule has 12 nitrogen and oxygen atoms in total. The highest BCUT2D eigenvalue weighted by Crippen LogP contribution is 2.34. The third-order valence-corrected chi connectivity index (χ3v) is 12.7. The number of carbonyl (C=O) groups is 1. The lowest BCUT2D eigenvalue weighted by Gasteiger charge is -2.36. The van der Waals surface area contributed by atoms with Crippen molar-refractivity contribution in [2.24, 2.45) is 5.92 Å². The zero-order valence-electron chi connectivity index (χ0n) is 32.8. The number of aryl methyl sites for hydroxylation is 2. The van der Waals surface area contributed by atoms with Gasteiger partial charge in [-0.3, -0.25) is 9.69 Å². The molecule has 1 N–H and O–H groups in total. The van der Waals surface area contributed by atoms with E-state index in [0.29, 0.717) is 36.3 Å². The monoisotopic (exact) mass is 772 g/mol. The molecule has 2 unspecified atom stereocenters. The van der Waals surface area contributed by atoms with Gasteiger partial charge >= 0.3 is 0 Å². The number of rotatable bonds is 13. The Morgan fingerprint density at radius 2 is 1.89 bits per heavy atom. The van der Waals surface area contributed by atoms with Gasteiger partial charge in [-0.15, -0.1) is 0 Å². The molecule has 2 saturated heterocycles. The third kappa shape index (κ3) is 9.11. The first-order valence-corrected chi connectivity index (χ1v) is 21.2. The number of fused-ring (bicyclic) bond motifs is 1. The zero-order chi connectivity index (χ0) is 39.4. The number of hydrogen-bond donors (Lipinski definition) is 1. The second-order valence-electron chi connectivity index (χ2n) is 15.3. The number of nitriles is 1. The van der Waals surface area contributed by atoms with Crippen molar-refractivity contribution < 1.29 is 22.3 Å². The van der Waals surface area contributed by atoms with Crippen LogP contribution < -0.4 is 10.1 Å². The summed E-state index contributed by atoms with van der Waals surface area (Å²) in [5, 5.41) is 14.7. The minimum absolute atomic E-state index is 0.0174. The molecular weight excluding hydrogens is 720 g/mol. The average Bonchev–Trinajstić information content (AvgIpc) is 3.52. The molecule has 2 atom stereocenters. The van der Waals surface area contributed by atoms with Crippen molar-refractivity contribution >= 4 is 32.7 Å². The number of carbonyl (C=O) groups excluding carboxylic acids is 1. The maximum absolute atomic E-state index is 14.3. The molecule has 14 heteroatoms. The van der Waals surface area contributed by atoms with Crippen LogP contribution in [0.4, 0.5) is 10.2 Å². The lowest BCUT2D eigenvalue weighted by atomic mass is 9.90. The van der Waals surface area contributed by atoms with E-state index in [1.165, 1.54) is 41.9 Å². The number of piperidine rings is 2. The lowest BCUT2D eigenvalue weighted by Crippen LogP contribution is -2.44. The first-order valence-electron chi connectivity index (χ1n) is 19.3. The van der Waals surface area contributed by atoms with E-state index in [-0.39, 0.29) is 35.3 Å². The van der Waals surface area contributed by atoms with Crippen molar-refractivity contribution in [1.82, 2.24) is 28.6 Å². The van der Waals surface area contributed by atoms with Gasteiger partial charge in [-0.25, -0.2) is 22.8 Å². The highest BCUT2D eigenvalue weighted by Gasteiger charge is 2.31. The minimum Gasteiger partial charge on any atom is -0.451 e. The maximum atomic E-state index is 14.3. The quantitative estimate of drug-likeness (QED) is 0.153. The fourth-order valence-corrected chi connectivity index (χ4v) is 9.46. The zero-order valence-corrected chi connectivity index (χ0v) is 33.6. The van der Waals surface area contributed by atoms with Crippen molar-refractivity contribution in [3.63, 3.8) is 0 Å². The van der Waals surface area contributed by atoms with Gasteiger partial charge < -0.3 is 19.5 Å². The van der Waals surface area contributed by atoms with Gasteiger partial charge in [0, 0.05) is 68.3 Å². The predicted molar refractivity (Wildman–Crippen MR) is 212 cm³/mol. The van der Waals surface area contributed by atoms with E-state index in [1.807, 2.05) is 33.8 Å². The Labute approximate surface area is 324 Å². The smallest absolute Gasteiger partial charge is 0.257 e. The van der Waals surface area contributed by atoms with Gasteiger partial charge in [-0.1, -0.05) is 6.07 Å². The van der Waals surface area contributed by atoms with Crippen LogP contribution in [0.15, 0.2) is 48.9 Å². The first kappa shape index (κ1) is 40.1. The van der Waals surface area contributed by atoms with Crippen molar-refractivity contribution in [1.29, 1.82) is 5.26 Å². The van der Waals surface area contributed by atoms with Crippen molar-refractivity contribution in [2.45, 2.75) is 97.9 Å². The highest BCUT2D eigenvalue weighted by atomic mass is 32.2. The van der Waals surface area contributed by atoms with E-state index in [0.717, 1.165) is 69.2 Å². The molecule has 294 valence electrons. The Bertz CT molecular complexity index is 2160. The number of aromatic nitrogens is 3. The normalized spacial score (nSPS) is 18.7. The Hall–Kier alpha value is -4.58. The molecule has 2 aromatic carbocycles. The first-order chi connectivity index (χ1) is 26.3. The van der Waals surface area contributed by atoms with E-state index in [1.54, 1.807) is 15.4 Å². The molecule has 0 bridgehead atoms. The molecule has 0 spiro atoms. The Morgan fingerprint density at radius 3 is 2.56 bits per heavy atom. The number of nitrogens with zero attached hydrogens (tertiary/aromatic N) is 7. The number of anilines is 1. The topological polar surface area (TPSA) is 137 Å². The number of halogens is 1. The Balaban J connectivity index is 1.07. The molecule has 6 rings (SSSR count). The van der Waals surface area contributed by atoms with E-state index < -0.39 is 15.8 Å². The lowest BCUT2D eigenvalue weighted by molar-refractivity contribution is 0.0713. The van der Waals surface area contributed by atoms with Gasteiger partial charge in [0.05, 0.1) is 18.0 Å². The number of sulfonamides is 1. The second-order valence-corrected chi connectivity index (χ2v) is 17.3. The molecule has 4 heterocycles. The van der Waals surface area contributed by atoms with E-state index in [2.05, 4.69) is 49.9 Å². The van der Waals surface area contributed by atoms with Crippen LogP contribution in [0.2, 0.25) is 0 Å². The molecule has 2 aliphatic rings. The van der Waals surface area contributed by atoms with E-state index in [4.69, 9.17) is 4.74 Å². The highest BCUT2D eigenvalue weighted by molar-refractivity contribution is 7.88. The summed E-state index contributed by atoms with van der Waals surface area (Å²) in [4.78, 5) is 26.1. The SMILES string of the molecule is CCN(C(=O)c1cc(F)ccc1Oc1cncnc1NC1CCN(Cc2ccc3c(cc(C#N)n3CCC3CCN(S(C)(=O)=O)C(C)C3)c2C)CC1)C(C)C. The van der Waals surface area contributed by atoms with Crippen LogP contribution in [0.25, 0.3) is 10.9 Å². The van der Waals surface area contributed by atoms with Crippen LogP contribution in [0.1, 0.15) is 87.0 Å². The molecule has 2 fully saturated rings. The molecule has 0 saturated carbocycles. The van der Waals surface area contributed by atoms with Crippen molar-refractivity contribution in [2.75, 3.05) is 37.8 Å². The van der Waals surface area contributed by atoms with Crippen molar-refractivity contribution in [3.05, 3.63) is 77.1 Å². The maximum Gasteiger partial charge on any atom is 0.257 e. The van der Waals surface area contributed by atoms with E-state index >= 15 is 0 Å². The van der Waals surface area contributed by atoms with Gasteiger partial charge in [0.1, 0.15) is 29.7 Å². The summed E-state index contributed by atoms with van der Waals surface area (Å²) in [5.41, 5.74) is 4.27. The number of nitrogens with one attached hydrogen (secondary N) is 1. The Morgan fingerprint density at radius 1 is 1.13 bits per heavy atom. The standard InChI is InChI=1S/C41H53FN8O4S/c1-7-48(27(2)3)41(51)36-21-32(42)9-11-38(36)54-39-24-44-26-45-40(39)46-33-14-16-47(17-15-33)25-31-8-10-37-35(29(31)5)22-34(23-43)49(37)18-12-30-13-19-50(28(4)20-30)55(6,52)53/h8-11,21-22,24,26-28,30,33H,7,12-20,25H2,1-6H3,(H,44,45,46). The van der Waals surface area contributed by atoms with Gasteiger partial charge in [0.2, 0.25) is 10.0 Å². The average molecular weight is 773 g/mol. The predicted octanol–water partition coefficient (Wildman–Crippen LogP) is 6.94. The summed E-state index contributed by atoms with van der Waals surface area (Å²) in [5.74, 6) is 0.697. The summed E-state index contributed by atoms with van der Waals surface area (Å²) in [6.07, 6.45) is 8.60. The number of likely N-dealkylation sites (tertiary alicyclic amines) is 1. The Kier molecular flexibility index (Phi) is 12.4. The summed E-state index contributed by atoms with van der Waals surface area (Å²) in [6.45, 7) is 14.1.